The Labute approximate surface area is 253 Å². The summed E-state index contributed by atoms with van der Waals surface area (Å²) in [6.45, 7) is -4.49. The Bertz CT molecular complexity index is 1470. The van der Waals surface area contributed by atoms with Crippen molar-refractivity contribution in [3.05, 3.63) is 89.5 Å². The molecule has 8 nitrogen and oxygen atoms in total. The Balaban J connectivity index is 1.48. The van der Waals surface area contributed by atoms with Gasteiger partial charge in [-0.1, -0.05) is 31.2 Å². The van der Waals surface area contributed by atoms with Gasteiger partial charge in [0, 0.05) is 23.7 Å². The number of amides is 1. The molecule has 1 aliphatic rings. The summed E-state index contributed by atoms with van der Waals surface area (Å²) in [4.78, 5) is 15.1. The second-order valence-electron chi connectivity index (χ2n) is 10.3. The van der Waals surface area contributed by atoms with Crippen LogP contribution in [0.25, 0.3) is 0 Å². The molecule has 3 aromatic rings. The number of hydrogen-bond donors (Lipinski definition) is 2. The number of nitrogens with one attached hydrogen (secondary N) is 1. The van der Waals surface area contributed by atoms with Gasteiger partial charge in [-0.25, -0.2) is 8.42 Å². The van der Waals surface area contributed by atoms with E-state index in [2.05, 4.69) is 14.8 Å². The molecule has 238 valence electrons. The lowest BCUT2D eigenvalue weighted by atomic mass is 9.87. The SMILES string of the molecule is CCS(=O)(=O)c1ccc([C@H](CO)NC(=O)c2ccc(N3CC(c4ccc(OC(F)F)cc4)CC[C@H]3COC(F)F)cc2)cc1. The molecular weight excluding hydrogens is 604 g/mol. The van der Waals surface area contributed by atoms with Gasteiger partial charge in [0.2, 0.25) is 0 Å². The molecule has 44 heavy (non-hydrogen) atoms. The Morgan fingerprint density at radius 3 is 2.18 bits per heavy atom. The molecule has 1 amide bonds. The van der Waals surface area contributed by atoms with Gasteiger partial charge < -0.3 is 24.8 Å². The van der Waals surface area contributed by atoms with Crippen molar-refractivity contribution < 1.29 is 45.4 Å². The summed E-state index contributed by atoms with van der Waals surface area (Å²) in [7, 11) is -3.39. The van der Waals surface area contributed by atoms with Gasteiger partial charge in [-0.3, -0.25) is 4.79 Å². The molecule has 0 spiro atoms. The Morgan fingerprint density at radius 2 is 1.61 bits per heavy atom. The van der Waals surface area contributed by atoms with E-state index >= 15 is 0 Å². The van der Waals surface area contributed by atoms with Crippen LogP contribution in [0.4, 0.5) is 23.2 Å². The largest absolute Gasteiger partial charge is 0.435 e. The molecule has 2 N–H and O–H groups in total. The van der Waals surface area contributed by atoms with Crippen molar-refractivity contribution >= 4 is 21.4 Å². The lowest BCUT2D eigenvalue weighted by molar-refractivity contribution is -0.133. The first kappa shape index (κ1) is 33.2. The second kappa shape index (κ2) is 14.9. The molecule has 1 saturated heterocycles. The van der Waals surface area contributed by atoms with Crippen molar-refractivity contribution in [3.63, 3.8) is 0 Å². The lowest BCUT2D eigenvalue weighted by Crippen LogP contribution is -2.45. The fraction of sp³-hybridized carbons (Fsp3) is 0.387. The molecule has 0 aromatic heterocycles. The van der Waals surface area contributed by atoms with Crippen LogP contribution in [0.5, 0.6) is 5.75 Å². The normalized spacial score (nSPS) is 18.0. The van der Waals surface area contributed by atoms with E-state index in [1.54, 1.807) is 55.5 Å². The minimum Gasteiger partial charge on any atom is -0.435 e. The number of benzene rings is 3. The zero-order valence-corrected chi connectivity index (χ0v) is 24.7. The predicted octanol–water partition coefficient (Wildman–Crippen LogP) is 5.54. The van der Waals surface area contributed by atoms with Crippen molar-refractivity contribution in [1.82, 2.24) is 5.32 Å². The molecule has 1 unspecified atom stereocenters. The molecule has 0 aliphatic carbocycles. The zero-order chi connectivity index (χ0) is 31.9. The molecule has 1 heterocycles. The molecule has 0 saturated carbocycles. The monoisotopic (exact) mass is 638 g/mol. The number of carbonyl (C=O) groups is 1. The first-order chi connectivity index (χ1) is 21.0. The highest BCUT2D eigenvalue weighted by molar-refractivity contribution is 7.91. The molecular formula is C31H34F4N2O6S. The summed E-state index contributed by atoms with van der Waals surface area (Å²) >= 11 is 0. The minimum atomic E-state index is -3.39. The van der Waals surface area contributed by atoms with Gasteiger partial charge in [-0.15, -0.1) is 0 Å². The van der Waals surface area contributed by atoms with Gasteiger partial charge in [0.05, 0.1) is 35.9 Å². The highest BCUT2D eigenvalue weighted by atomic mass is 32.2. The molecule has 3 aromatic carbocycles. The average molecular weight is 639 g/mol. The number of aliphatic hydroxyl groups excluding tert-OH is 1. The quantitative estimate of drug-likeness (QED) is 0.237. The van der Waals surface area contributed by atoms with Gasteiger partial charge in [-0.2, -0.15) is 17.6 Å². The maximum absolute atomic E-state index is 13.0. The Hall–Kier alpha value is -3.68. The van der Waals surface area contributed by atoms with Crippen LogP contribution >= 0.6 is 0 Å². The number of sulfone groups is 1. The number of aliphatic hydroxyl groups is 1. The summed E-state index contributed by atoms with van der Waals surface area (Å²) in [6, 6.07) is 17.7. The van der Waals surface area contributed by atoms with E-state index in [4.69, 9.17) is 0 Å². The van der Waals surface area contributed by atoms with E-state index in [1.807, 2.05) is 4.90 Å². The van der Waals surface area contributed by atoms with E-state index < -0.39 is 41.6 Å². The van der Waals surface area contributed by atoms with Crippen LogP contribution in [0, 0.1) is 0 Å². The summed E-state index contributed by atoms with van der Waals surface area (Å²) in [5.41, 5.74) is 2.39. The van der Waals surface area contributed by atoms with Crippen molar-refractivity contribution in [3.8, 4) is 5.75 Å². The van der Waals surface area contributed by atoms with Crippen molar-refractivity contribution in [2.24, 2.45) is 0 Å². The fourth-order valence-corrected chi connectivity index (χ4v) is 6.13. The van der Waals surface area contributed by atoms with Crippen LogP contribution in [0.15, 0.2) is 77.7 Å². The van der Waals surface area contributed by atoms with Crippen LogP contribution in [-0.4, -0.2) is 64.2 Å². The van der Waals surface area contributed by atoms with Crippen molar-refractivity contribution in [1.29, 1.82) is 0 Å². The maximum atomic E-state index is 13.0. The molecule has 1 fully saturated rings. The average Bonchev–Trinajstić information content (AvgIpc) is 3.02. The number of rotatable bonds is 13. The third-order valence-electron chi connectivity index (χ3n) is 7.67. The minimum absolute atomic E-state index is 0.0228. The van der Waals surface area contributed by atoms with Gasteiger partial charge in [-0.05, 0) is 72.5 Å². The first-order valence-corrected chi connectivity index (χ1v) is 15.7. The first-order valence-electron chi connectivity index (χ1n) is 14.1. The van der Waals surface area contributed by atoms with Crippen LogP contribution in [0.3, 0.4) is 0 Å². The fourth-order valence-electron chi connectivity index (χ4n) is 5.25. The zero-order valence-electron chi connectivity index (χ0n) is 23.9. The van der Waals surface area contributed by atoms with Gasteiger partial charge in [0.15, 0.2) is 9.84 Å². The third kappa shape index (κ3) is 8.48. The number of hydrogen-bond acceptors (Lipinski definition) is 7. The number of piperidine rings is 1. The predicted molar refractivity (Wildman–Crippen MR) is 156 cm³/mol. The standard InChI is InChI=1S/C31H34F4N2O6S/c1-2-44(40,41)27-15-8-21(9-16-27)28(18-38)36-29(39)22-3-10-24(11-4-22)37-17-23(5-12-25(37)19-42-30(32)33)20-6-13-26(14-7-20)43-31(34)35/h3-4,6-11,13-16,23,25,28,30-31,38H,2,5,12,17-19H2,1H3,(H,36,39)/t23?,25-,28-/m0/s1. The van der Waals surface area contributed by atoms with E-state index in [-0.39, 0.29) is 35.0 Å². The highest BCUT2D eigenvalue weighted by Crippen LogP contribution is 2.35. The summed E-state index contributed by atoms with van der Waals surface area (Å²) < 4.78 is 84.1. The summed E-state index contributed by atoms with van der Waals surface area (Å²) in [6.07, 6.45) is 1.20. The van der Waals surface area contributed by atoms with Crippen LogP contribution in [-0.2, 0) is 14.6 Å². The molecule has 1 aliphatic heterocycles. The molecule has 3 atom stereocenters. The van der Waals surface area contributed by atoms with Crippen molar-refractivity contribution in [2.45, 2.75) is 55.9 Å². The molecule has 13 heteroatoms. The Morgan fingerprint density at radius 1 is 0.955 bits per heavy atom. The number of carbonyl (C=O) groups excluding carboxylic acids is 1. The van der Waals surface area contributed by atoms with E-state index in [9.17, 15) is 35.9 Å². The van der Waals surface area contributed by atoms with Crippen molar-refractivity contribution in [2.75, 3.05) is 30.4 Å². The number of ether oxygens (including phenoxy) is 2. The van der Waals surface area contributed by atoms with E-state index in [1.165, 1.54) is 24.3 Å². The lowest BCUT2D eigenvalue weighted by Gasteiger charge is -2.41. The second-order valence-corrected chi connectivity index (χ2v) is 12.6. The molecule has 4 rings (SSSR count). The summed E-state index contributed by atoms with van der Waals surface area (Å²) in [5.74, 6) is -0.503. The number of anilines is 1. The third-order valence-corrected chi connectivity index (χ3v) is 9.42. The molecule has 0 bridgehead atoms. The highest BCUT2D eigenvalue weighted by Gasteiger charge is 2.30. The molecule has 0 radical (unpaired) electrons. The van der Waals surface area contributed by atoms with Gasteiger partial charge >= 0.3 is 13.2 Å². The number of halogens is 4. The topological polar surface area (TPSA) is 105 Å². The van der Waals surface area contributed by atoms with E-state index in [0.29, 0.717) is 36.2 Å². The van der Waals surface area contributed by atoms with Crippen LogP contribution in [0.2, 0.25) is 0 Å². The van der Waals surface area contributed by atoms with Gasteiger partial charge in [0.25, 0.3) is 5.91 Å². The maximum Gasteiger partial charge on any atom is 0.387 e. The summed E-state index contributed by atoms with van der Waals surface area (Å²) in [5, 5.41) is 12.7. The number of alkyl halides is 4. The van der Waals surface area contributed by atoms with Crippen LogP contribution < -0.4 is 15.0 Å². The smallest absolute Gasteiger partial charge is 0.387 e. The number of nitrogens with zero attached hydrogens (tertiary/aromatic N) is 1. The Kier molecular flexibility index (Phi) is 11.2. The van der Waals surface area contributed by atoms with Gasteiger partial charge in [0.1, 0.15) is 5.75 Å². The van der Waals surface area contributed by atoms with E-state index in [0.717, 1.165) is 5.56 Å². The van der Waals surface area contributed by atoms with Crippen LogP contribution in [0.1, 0.15) is 53.2 Å².